The maximum absolute atomic E-state index is 12.5. The molecule has 1 N–H and O–H groups in total. The lowest BCUT2D eigenvalue weighted by Gasteiger charge is -2.20. The summed E-state index contributed by atoms with van der Waals surface area (Å²) in [6.07, 6.45) is 0.611. The van der Waals surface area contributed by atoms with Crippen LogP contribution in [0.3, 0.4) is 0 Å². The molecule has 1 rings (SSSR count). The fourth-order valence-corrected chi connectivity index (χ4v) is 3.52. The SMILES string of the molecule is CCCN(CC(=O)NC)S(=O)(=O)c1c(C)noc1C. The van der Waals surface area contributed by atoms with Crippen LogP contribution >= 0.6 is 0 Å². The average molecular weight is 289 g/mol. The highest BCUT2D eigenvalue weighted by Crippen LogP contribution is 2.23. The number of aromatic nitrogens is 1. The summed E-state index contributed by atoms with van der Waals surface area (Å²) in [7, 11) is -2.30. The number of nitrogens with one attached hydrogen (secondary N) is 1. The van der Waals surface area contributed by atoms with E-state index in [0.29, 0.717) is 12.1 Å². The van der Waals surface area contributed by atoms with Crippen LogP contribution in [0.25, 0.3) is 0 Å². The zero-order valence-electron chi connectivity index (χ0n) is 11.6. The van der Waals surface area contributed by atoms with Gasteiger partial charge in [-0.2, -0.15) is 4.31 Å². The van der Waals surface area contributed by atoms with Crippen LogP contribution in [0.1, 0.15) is 24.8 Å². The average Bonchev–Trinajstić information content (AvgIpc) is 2.68. The van der Waals surface area contributed by atoms with Crippen molar-refractivity contribution in [1.29, 1.82) is 0 Å². The van der Waals surface area contributed by atoms with Crippen molar-refractivity contribution in [3.63, 3.8) is 0 Å². The molecule has 0 aromatic carbocycles. The van der Waals surface area contributed by atoms with Crippen molar-refractivity contribution in [1.82, 2.24) is 14.8 Å². The largest absolute Gasteiger partial charge is 0.360 e. The molecule has 0 saturated carbocycles. The number of nitrogens with zero attached hydrogens (tertiary/aromatic N) is 2. The molecule has 0 unspecified atom stereocenters. The normalized spacial score (nSPS) is 11.8. The smallest absolute Gasteiger partial charge is 0.248 e. The first-order valence-corrected chi connectivity index (χ1v) is 7.42. The predicted octanol–water partition coefficient (Wildman–Crippen LogP) is 0.438. The molecular formula is C11H19N3O4S. The summed E-state index contributed by atoms with van der Waals surface area (Å²) < 4.78 is 31.1. The second kappa shape index (κ2) is 6.16. The summed E-state index contributed by atoms with van der Waals surface area (Å²) in [5.74, 6) is -0.126. The van der Waals surface area contributed by atoms with Crippen molar-refractivity contribution >= 4 is 15.9 Å². The van der Waals surface area contributed by atoms with E-state index in [0.717, 1.165) is 4.31 Å². The molecule has 0 atom stereocenters. The highest BCUT2D eigenvalue weighted by atomic mass is 32.2. The van der Waals surface area contributed by atoms with E-state index in [9.17, 15) is 13.2 Å². The Bertz CT molecular complexity index is 531. The third kappa shape index (κ3) is 3.32. The van der Waals surface area contributed by atoms with Crippen molar-refractivity contribution in [3.8, 4) is 0 Å². The summed E-state index contributed by atoms with van der Waals surface area (Å²) in [6, 6.07) is 0. The molecule has 8 heteroatoms. The molecule has 0 aliphatic heterocycles. The van der Waals surface area contributed by atoms with E-state index in [1.165, 1.54) is 14.0 Å². The van der Waals surface area contributed by atoms with Crippen molar-refractivity contribution in [2.24, 2.45) is 0 Å². The molecule has 0 radical (unpaired) electrons. The summed E-state index contributed by atoms with van der Waals surface area (Å²) in [5, 5.41) is 6.06. The van der Waals surface area contributed by atoms with Crippen molar-refractivity contribution in [3.05, 3.63) is 11.5 Å². The summed E-state index contributed by atoms with van der Waals surface area (Å²) in [5.41, 5.74) is 0.301. The minimum atomic E-state index is -3.77. The highest BCUT2D eigenvalue weighted by Gasteiger charge is 2.31. The zero-order valence-corrected chi connectivity index (χ0v) is 12.4. The van der Waals surface area contributed by atoms with Crippen LogP contribution < -0.4 is 5.32 Å². The maximum atomic E-state index is 12.5. The van der Waals surface area contributed by atoms with Crippen LogP contribution in [-0.2, 0) is 14.8 Å². The van der Waals surface area contributed by atoms with Gasteiger partial charge < -0.3 is 9.84 Å². The fourth-order valence-electron chi connectivity index (χ4n) is 1.74. The number of carbonyl (C=O) groups is 1. The lowest BCUT2D eigenvalue weighted by Crippen LogP contribution is -2.40. The Labute approximate surface area is 113 Å². The van der Waals surface area contributed by atoms with Gasteiger partial charge in [0.25, 0.3) is 0 Å². The molecule has 19 heavy (non-hydrogen) atoms. The van der Waals surface area contributed by atoms with Crippen molar-refractivity contribution in [2.75, 3.05) is 20.1 Å². The van der Waals surface area contributed by atoms with Gasteiger partial charge in [0.05, 0.1) is 6.54 Å². The topological polar surface area (TPSA) is 92.5 Å². The Kier molecular flexibility index (Phi) is 5.07. The molecule has 0 fully saturated rings. The van der Waals surface area contributed by atoms with Gasteiger partial charge in [-0.05, 0) is 20.3 Å². The van der Waals surface area contributed by atoms with Gasteiger partial charge in [0.15, 0.2) is 5.76 Å². The highest BCUT2D eigenvalue weighted by molar-refractivity contribution is 7.89. The molecule has 0 aliphatic rings. The first kappa shape index (κ1) is 15.6. The number of carbonyl (C=O) groups excluding carboxylic acids is 1. The van der Waals surface area contributed by atoms with Crippen LogP contribution in [0.5, 0.6) is 0 Å². The molecule has 0 saturated heterocycles. The quantitative estimate of drug-likeness (QED) is 0.820. The maximum Gasteiger partial charge on any atom is 0.248 e. The Morgan fingerprint density at radius 3 is 2.47 bits per heavy atom. The second-order valence-corrected chi connectivity index (χ2v) is 6.04. The molecule has 1 heterocycles. The fraction of sp³-hybridized carbons (Fsp3) is 0.636. The van der Waals surface area contributed by atoms with E-state index in [4.69, 9.17) is 4.52 Å². The minimum Gasteiger partial charge on any atom is -0.360 e. The van der Waals surface area contributed by atoms with Crippen LogP contribution in [0.15, 0.2) is 9.42 Å². The van der Waals surface area contributed by atoms with Gasteiger partial charge in [0, 0.05) is 13.6 Å². The molecule has 7 nitrogen and oxygen atoms in total. The number of amides is 1. The van der Waals surface area contributed by atoms with Gasteiger partial charge in [-0.25, -0.2) is 8.42 Å². The molecule has 0 aliphatic carbocycles. The first-order valence-electron chi connectivity index (χ1n) is 5.98. The number of sulfonamides is 1. The molecule has 1 aromatic rings. The van der Waals surface area contributed by atoms with Gasteiger partial charge in [-0.1, -0.05) is 12.1 Å². The summed E-state index contributed by atoms with van der Waals surface area (Å²) >= 11 is 0. The standard InChI is InChI=1S/C11H19N3O4S/c1-5-6-14(7-10(15)12-4)19(16,17)11-8(2)13-18-9(11)3/h5-7H2,1-4H3,(H,12,15). The summed E-state index contributed by atoms with van der Waals surface area (Å²) in [4.78, 5) is 11.5. The number of likely N-dealkylation sites (N-methyl/N-ethyl adjacent to an activating group) is 1. The number of rotatable bonds is 6. The van der Waals surface area contributed by atoms with E-state index in [1.807, 2.05) is 6.92 Å². The van der Waals surface area contributed by atoms with Gasteiger partial charge >= 0.3 is 0 Å². The molecule has 0 spiro atoms. The Hall–Kier alpha value is -1.41. The van der Waals surface area contributed by atoms with E-state index in [-0.39, 0.29) is 29.7 Å². The van der Waals surface area contributed by atoms with Crippen LogP contribution in [0.2, 0.25) is 0 Å². The molecule has 1 aromatic heterocycles. The van der Waals surface area contributed by atoms with Gasteiger partial charge in [0.2, 0.25) is 15.9 Å². The second-order valence-electron chi connectivity index (χ2n) is 4.17. The first-order chi connectivity index (χ1) is 8.84. The van der Waals surface area contributed by atoms with Gasteiger partial charge in [-0.15, -0.1) is 0 Å². The lowest BCUT2D eigenvalue weighted by molar-refractivity contribution is -0.120. The summed E-state index contributed by atoms with van der Waals surface area (Å²) in [6.45, 7) is 5.00. The van der Waals surface area contributed by atoms with Crippen LogP contribution in [-0.4, -0.2) is 43.9 Å². The monoisotopic (exact) mass is 289 g/mol. The van der Waals surface area contributed by atoms with Crippen molar-refractivity contribution < 1.29 is 17.7 Å². The molecular weight excluding hydrogens is 270 g/mol. The van der Waals surface area contributed by atoms with E-state index in [2.05, 4.69) is 10.5 Å². The number of hydrogen-bond donors (Lipinski definition) is 1. The molecule has 1 amide bonds. The minimum absolute atomic E-state index is 0.0462. The van der Waals surface area contributed by atoms with Crippen molar-refractivity contribution in [2.45, 2.75) is 32.1 Å². The van der Waals surface area contributed by atoms with E-state index < -0.39 is 10.0 Å². The predicted molar refractivity (Wildman–Crippen MR) is 69.1 cm³/mol. The van der Waals surface area contributed by atoms with Gasteiger partial charge in [0.1, 0.15) is 10.6 Å². The Balaban J connectivity index is 3.17. The third-order valence-corrected chi connectivity index (χ3v) is 4.73. The number of hydrogen-bond acceptors (Lipinski definition) is 5. The van der Waals surface area contributed by atoms with Crippen LogP contribution in [0, 0.1) is 13.8 Å². The Morgan fingerprint density at radius 1 is 1.42 bits per heavy atom. The Morgan fingerprint density at radius 2 is 2.05 bits per heavy atom. The number of aryl methyl sites for hydroxylation is 2. The van der Waals surface area contributed by atoms with Gasteiger partial charge in [-0.3, -0.25) is 4.79 Å². The zero-order chi connectivity index (χ0) is 14.6. The lowest BCUT2D eigenvalue weighted by atomic mass is 10.4. The molecule has 108 valence electrons. The van der Waals surface area contributed by atoms with Crippen LogP contribution in [0.4, 0.5) is 0 Å². The van der Waals surface area contributed by atoms with E-state index >= 15 is 0 Å². The molecule has 0 bridgehead atoms. The van der Waals surface area contributed by atoms with E-state index in [1.54, 1.807) is 6.92 Å². The third-order valence-electron chi connectivity index (χ3n) is 2.64.